The van der Waals surface area contributed by atoms with Gasteiger partial charge in [-0.2, -0.15) is 15.8 Å². The molecule has 1 atom stereocenters. The Balaban J connectivity index is 3.26. The van der Waals surface area contributed by atoms with E-state index < -0.39 is 10.7 Å². The van der Waals surface area contributed by atoms with Crippen LogP contribution in [-0.2, 0) is 4.75 Å². The summed E-state index contributed by atoms with van der Waals surface area (Å²) >= 11 is 1.06. The van der Waals surface area contributed by atoms with Crippen molar-refractivity contribution >= 4 is 17.4 Å². The predicted molar refractivity (Wildman–Crippen MR) is 94.4 cm³/mol. The van der Waals surface area contributed by atoms with Crippen molar-refractivity contribution in [3.63, 3.8) is 0 Å². The topological polar surface area (TPSA) is 135 Å². The fraction of sp³-hybridized carbons (Fsp3) is 0.471. The Morgan fingerprint density at radius 3 is 1.92 bits per heavy atom. The second-order valence-corrected chi connectivity index (χ2v) is 6.43. The number of benzene rings is 1. The van der Waals surface area contributed by atoms with Crippen molar-refractivity contribution in [2.75, 3.05) is 43.6 Å². The molecule has 7 nitrogen and oxygen atoms in total. The normalized spacial score (nSPS) is 12.7. The zero-order valence-electron chi connectivity index (χ0n) is 13.7. The van der Waals surface area contributed by atoms with E-state index in [-0.39, 0.29) is 25.6 Å². The molecule has 0 saturated heterocycles. The summed E-state index contributed by atoms with van der Waals surface area (Å²) in [5, 5.41) is 55.6. The van der Waals surface area contributed by atoms with Gasteiger partial charge in [0.05, 0.1) is 38.0 Å². The summed E-state index contributed by atoms with van der Waals surface area (Å²) in [6.45, 7) is 0.391. The Morgan fingerprint density at radius 2 is 1.52 bits per heavy atom. The third-order valence-electron chi connectivity index (χ3n) is 3.65. The first kappa shape index (κ1) is 20.8. The van der Waals surface area contributed by atoms with E-state index in [1.54, 1.807) is 29.2 Å². The molecule has 0 aliphatic rings. The molecule has 0 unspecified atom stereocenters. The van der Waals surface area contributed by atoms with Crippen LogP contribution in [0.25, 0.3) is 0 Å². The molecular formula is C17H20N4O3S. The van der Waals surface area contributed by atoms with Crippen molar-refractivity contribution < 1.29 is 15.3 Å². The lowest BCUT2D eigenvalue weighted by molar-refractivity contribution is 0.281. The molecule has 0 saturated carbocycles. The lowest BCUT2D eigenvalue weighted by Gasteiger charge is -2.28. The van der Waals surface area contributed by atoms with E-state index in [0.717, 1.165) is 17.4 Å². The van der Waals surface area contributed by atoms with Crippen LogP contribution in [-0.4, -0.2) is 54.0 Å². The number of rotatable bonds is 10. The third-order valence-corrected chi connectivity index (χ3v) is 5.06. The average Bonchev–Trinajstić information content (AvgIpc) is 2.65. The summed E-state index contributed by atoms with van der Waals surface area (Å²) in [5.74, 6) is -0.970. The zero-order valence-corrected chi connectivity index (χ0v) is 14.5. The van der Waals surface area contributed by atoms with Gasteiger partial charge in [-0.1, -0.05) is 12.1 Å². The summed E-state index contributed by atoms with van der Waals surface area (Å²) < 4.78 is -1.40. The van der Waals surface area contributed by atoms with Crippen molar-refractivity contribution in [3.8, 4) is 18.2 Å². The van der Waals surface area contributed by atoms with Gasteiger partial charge in [-0.3, -0.25) is 0 Å². The van der Waals surface area contributed by atoms with Crippen LogP contribution in [0.1, 0.15) is 5.56 Å². The molecule has 3 N–H and O–H groups in total. The summed E-state index contributed by atoms with van der Waals surface area (Å²) in [4.78, 5) is 1.78. The van der Waals surface area contributed by atoms with Crippen molar-refractivity contribution in [1.82, 2.24) is 0 Å². The number of anilines is 1. The maximum Gasteiger partial charge on any atom is 0.165 e. The maximum absolute atomic E-state index is 9.70. The highest BCUT2D eigenvalue weighted by Gasteiger charge is 2.42. The van der Waals surface area contributed by atoms with Crippen LogP contribution < -0.4 is 4.90 Å². The van der Waals surface area contributed by atoms with Gasteiger partial charge in [0.25, 0.3) is 0 Å². The minimum absolute atomic E-state index is 0.0683. The number of aliphatic hydroxyl groups excluding tert-OH is 3. The van der Waals surface area contributed by atoms with Gasteiger partial charge in [-0.25, -0.2) is 0 Å². The third kappa shape index (κ3) is 4.85. The van der Waals surface area contributed by atoms with Crippen LogP contribution in [0, 0.1) is 39.9 Å². The maximum atomic E-state index is 9.70. The molecule has 0 aliphatic heterocycles. The highest BCUT2D eigenvalue weighted by atomic mass is 32.2. The lowest BCUT2D eigenvalue weighted by atomic mass is 9.87. The molecule has 132 valence electrons. The first-order chi connectivity index (χ1) is 12.1. The van der Waals surface area contributed by atoms with Crippen molar-refractivity contribution in [3.05, 3.63) is 29.8 Å². The number of nitrogens with zero attached hydrogens (tertiary/aromatic N) is 4. The Labute approximate surface area is 151 Å². The largest absolute Gasteiger partial charge is 0.396 e. The highest BCUT2D eigenvalue weighted by Crippen LogP contribution is 2.42. The number of thioether (sulfide) groups is 1. The number of nitriles is 3. The van der Waals surface area contributed by atoms with Gasteiger partial charge >= 0.3 is 0 Å². The summed E-state index contributed by atoms with van der Waals surface area (Å²) in [6.07, 6.45) is 0. The molecule has 0 fully saturated rings. The van der Waals surface area contributed by atoms with Gasteiger partial charge in [0.2, 0.25) is 0 Å². The minimum atomic E-state index is -1.40. The first-order valence-corrected chi connectivity index (χ1v) is 8.64. The standard InChI is InChI=1S/C17H20N4O3S/c18-11-15(12-19)17(13-20,25-10-9-24)14-1-3-16(4-2-14)21(5-7-22)6-8-23/h1-4,15,22-24H,5-10H2/t17-/m1/s1. The van der Waals surface area contributed by atoms with Crippen LogP contribution >= 0.6 is 11.8 Å². The van der Waals surface area contributed by atoms with Gasteiger partial charge in [-0.05, 0) is 17.7 Å². The molecule has 0 aliphatic carbocycles. The van der Waals surface area contributed by atoms with Gasteiger partial charge < -0.3 is 20.2 Å². The van der Waals surface area contributed by atoms with E-state index in [1.165, 1.54) is 0 Å². The Hall–Kier alpha value is -2.28. The molecule has 1 aromatic carbocycles. The SMILES string of the molecule is N#CC(C#N)[C@](C#N)(SCCO)c1ccc(N(CCO)CCO)cc1. The quantitative estimate of drug-likeness (QED) is 0.551. The number of hydrogen-bond acceptors (Lipinski definition) is 8. The molecule has 0 spiro atoms. The van der Waals surface area contributed by atoms with E-state index in [0.29, 0.717) is 18.7 Å². The Bertz CT molecular complexity index is 642. The fourth-order valence-electron chi connectivity index (χ4n) is 2.44. The van der Waals surface area contributed by atoms with Crippen LogP contribution in [0.2, 0.25) is 0 Å². The van der Waals surface area contributed by atoms with E-state index in [1.807, 2.05) is 12.1 Å². The molecule has 1 aromatic rings. The molecular weight excluding hydrogens is 340 g/mol. The van der Waals surface area contributed by atoms with E-state index in [4.69, 9.17) is 15.3 Å². The first-order valence-electron chi connectivity index (χ1n) is 7.66. The van der Waals surface area contributed by atoms with Gasteiger partial charge in [-0.15, -0.1) is 11.8 Å². The highest BCUT2D eigenvalue weighted by molar-refractivity contribution is 8.00. The Morgan fingerprint density at radius 1 is 0.960 bits per heavy atom. The summed E-state index contributed by atoms with van der Waals surface area (Å²) in [5.41, 5.74) is 1.24. The van der Waals surface area contributed by atoms with E-state index in [2.05, 4.69) is 6.07 Å². The monoisotopic (exact) mass is 360 g/mol. The fourth-order valence-corrected chi connectivity index (χ4v) is 3.50. The van der Waals surface area contributed by atoms with Crippen molar-refractivity contribution in [1.29, 1.82) is 15.8 Å². The van der Waals surface area contributed by atoms with Crippen LogP contribution in [0.5, 0.6) is 0 Å². The minimum Gasteiger partial charge on any atom is -0.396 e. The Kier molecular flexibility index (Phi) is 8.77. The number of aliphatic hydroxyl groups is 3. The molecule has 0 amide bonds. The smallest absolute Gasteiger partial charge is 0.165 e. The number of hydrogen-bond donors (Lipinski definition) is 3. The second-order valence-electron chi connectivity index (χ2n) is 5.09. The van der Waals surface area contributed by atoms with Crippen LogP contribution in [0.15, 0.2) is 24.3 Å². The van der Waals surface area contributed by atoms with Gasteiger partial charge in [0, 0.05) is 24.5 Å². The summed E-state index contributed by atoms with van der Waals surface area (Å²) in [7, 11) is 0. The molecule has 0 aromatic heterocycles. The second kappa shape index (κ2) is 10.6. The molecule has 25 heavy (non-hydrogen) atoms. The molecule has 8 heteroatoms. The lowest BCUT2D eigenvalue weighted by Crippen LogP contribution is -2.31. The van der Waals surface area contributed by atoms with Gasteiger partial charge in [0.15, 0.2) is 10.7 Å². The summed E-state index contributed by atoms with van der Waals surface area (Å²) in [6, 6.07) is 12.6. The van der Waals surface area contributed by atoms with E-state index >= 15 is 0 Å². The van der Waals surface area contributed by atoms with Crippen molar-refractivity contribution in [2.45, 2.75) is 4.75 Å². The van der Waals surface area contributed by atoms with E-state index in [9.17, 15) is 15.8 Å². The predicted octanol–water partition coefficient (Wildman–Crippen LogP) is 0.585. The molecule has 0 bridgehead atoms. The van der Waals surface area contributed by atoms with Crippen molar-refractivity contribution in [2.24, 2.45) is 5.92 Å². The average molecular weight is 360 g/mol. The molecule has 1 rings (SSSR count). The van der Waals surface area contributed by atoms with Crippen LogP contribution in [0.4, 0.5) is 5.69 Å². The molecule has 0 heterocycles. The molecule has 0 radical (unpaired) electrons. The van der Waals surface area contributed by atoms with Gasteiger partial charge in [0.1, 0.15) is 0 Å². The van der Waals surface area contributed by atoms with Crippen LogP contribution in [0.3, 0.4) is 0 Å². The zero-order chi connectivity index (χ0) is 18.7.